The number of hydrogen-bond acceptors (Lipinski definition) is 3. The molecule has 0 aliphatic rings. The molecule has 0 aliphatic heterocycles. The van der Waals surface area contributed by atoms with Crippen molar-refractivity contribution in [3.05, 3.63) is 164 Å². The number of para-hydroxylation sites is 3. The van der Waals surface area contributed by atoms with Gasteiger partial charge >= 0.3 is 0 Å². The molecule has 0 bridgehead atoms. The highest BCUT2D eigenvalue weighted by atomic mass is 15.2. The highest BCUT2D eigenvalue weighted by Gasteiger charge is 2.22. The van der Waals surface area contributed by atoms with Gasteiger partial charge in [0, 0.05) is 44.7 Å². The van der Waals surface area contributed by atoms with E-state index in [1.165, 1.54) is 16.2 Å². The molecule has 0 saturated heterocycles. The minimum absolute atomic E-state index is 0.687. The Morgan fingerprint density at radius 3 is 1.61 bits per heavy atom. The Balaban J connectivity index is 1.25. The van der Waals surface area contributed by atoms with E-state index >= 15 is 0 Å². The predicted octanol–water partition coefficient (Wildman–Crippen LogP) is 9.91. The van der Waals surface area contributed by atoms with Crippen LogP contribution in [-0.2, 0) is 0 Å². The summed E-state index contributed by atoms with van der Waals surface area (Å²) in [6.07, 6.45) is 1.93. The number of rotatable bonds is 5. The highest BCUT2D eigenvalue weighted by Crippen LogP contribution is 2.40. The molecule has 5 heteroatoms. The smallest absolute Gasteiger partial charge is 0.160 e. The van der Waals surface area contributed by atoms with Crippen LogP contribution in [0.1, 0.15) is 0 Å². The van der Waals surface area contributed by atoms with Crippen molar-refractivity contribution >= 4 is 32.8 Å². The van der Waals surface area contributed by atoms with Gasteiger partial charge in [0.2, 0.25) is 0 Å². The number of benzene rings is 5. The molecule has 0 fully saturated rings. The predicted molar refractivity (Wildman–Crippen MR) is 187 cm³/mol. The third-order valence-corrected chi connectivity index (χ3v) is 8.59. The first kappa shape index (κ1) is 26.1. The first-order chi connectivity index (χ1) is 22.8. The van der Waals surface area contributed by atoms with E-state index in [-0.39, 0.29) is 0 Å². The molecule has 0 N–H and O–H groups in total. The zero-order chi connectivity index (χ0) is 30.5. The molecule has 0 aliphatic carbocycles. The van der Waals surface area contributed by atoms with Gasteiger partial charge in [-0.25, -0.2) is 15.0 Å². The van der Waals surface area contributed by atoms with Crippen LogP contribution in [-0.4, -0.2) is 24.1 Å². The Kier molecular flexibility index (Phi) is 6.06. The maximum atomic E-state index is 5.10. The van der Waals surface area contributed by atoms with E-state index in [1.807, 2.05) is 54.7 Å². The molecule has 0 amide bonds. The van der Waals surface area contributed by atoms with E-state index in [0.717, 1.165) is 56.3 Å². The standard InChI is InChI=1S/C41H27N5/c1-4-14-28(15-5-1)34-26-35(44-40(43-34)29-16-6-2-7-17-29)30-24-25-38(42-27-30)46-37-23-13-11-21-33(37)39-32-20-10-12-22-36(32)45(41(39)46)31-18-8-3-9-19-31/h1-27H. The zero-order valence-corrected chi connectivity index (χ0v) is 24.8. The zero-order valence-electron chi connectivity index (χ0n) is 24.8. The largest absolute Gasteiger partial charge is 0.295 e. The number of hydrogen-bond donors (Lipinski definition) is 0. The van der Waals surface area contributed by atoms with Crippen LogP contribution in [0, 0.1) is 0 Å². The Hall–Kier alpha value is -6.33. The summed E-state index contributed by atoms with van der Waals surface area (Å²) in [5.41, 5.74) is 9.12. The van der Waals surface area contributed by atoms with Crippen LogP contribution in [0.3, 0.4) is 0 Å². The van der Waals surface area contributed by atoms with Gasteiger partial charge in [-0.2, -0.15) is 0 Å². The number of aromatic nitrogens is 5. The molecule has 0 atom stereocenters. The molecule has 4 aromatic heterocycles. The lowest BCUT2D eigenvalue weighted by Gasteiger charge is -2.13. The van der Waals surface area contributed by atoms with Crippen molar-refractivity contribution < 1.29 is 0 Å². The van der Waals surface area contributed by atoms with Gasteiger partial charge in [0.05, 0.1) is 22.4 Å². The van der Waals surface area contributed by atoms with Crippen molar-refractivity contribution in [2.75, 3.05) is 0 Å². The average molecular weight is 590 g/mol. The molecular weight excluding hydrogens is 562 g/mol. The summed E-state index contributed by atoms with van der Waals surface area (Å²) in [6.45, 7) is 0. The quantitative estimate of drug-likeness (QED) is 0.201. The highest BCUT2D eigenvalue weighted by molar-refractivity contribution is 6.22. The van der Waals surface area contributed by atoms with Crippen molar-refractivity contribution in [1.82, 2.24) is 24.1 Å². The molecule has 5 aromatic carbocycles. The molecule has 9 aromatic rings. The maximum Gasteiger partial charge on any atom is 0.160 e. The summed E-state index contributed by atoms with van der Waals surface area (Å²) in [5, 5.41) is 3.64. The van der Waals surface area contributed by atoms with Gasteiger partial charge in [-0.05, 0) is 42.5 Å². The molecule has 0 spiro atoms. The number of fused-ring (bicyclic) bond motifs is 5. The third-order valence-electron chi connectivity index (χ3n) is 8.59. The molecule has 0 unspecified atom stereocenters. The lowest BCUT2D eigenvalue weighted by molar-refractivity contribution is 1.02. The van der Waals surface area contributed by atoms with Gasteiger partial charge in [0.1, 0.15) is 11.5 Å². The normalized spacial score (nSPS) is 11.5. The number of nitrogens with zero attached hydrogens (tertiary/aromatic N) is 5. The second-order valence-electron chi connectivity index (χ2n) is 11.3. The maximum absolute atomic E-state index is 5.10. The minimum atomic E-state index is 0.687. The summed E-state index contributed by atoms with van der Waals surface area (Å²) in [7, 11) is 0. The van der Waals surface area contributed by atoms with Crippen molar-refractivity contribution in [3.63, 3.8) is 0 Å². The van der Waals surface area contributed by atoms with Gasteiger partial charge in [-0.3, -0.25) is 9.13 Å². The van der Waals surface area contributed by atoms with Gasteiger partial charge in [0.25, 0.3) is 0 Å². The summed E-state index contributed by atoms with van der Waals surface area (Å²) < 4.78 is 4.63. The summed E-state index contributed by atoms with van der Waals surface area (Å²) >= 11 is 0. The van der Waals surface area contributed by atoms with Crippen LogP contribution in [0.4, 0.5) is 0 Å². The van der Waals surface area contributed by atoms with Gasteiger partial charge in [-0.1, -0.05) is 115 Å². The first-order valence-electron chi connectivity index (χ1n) is 15.4. The second-order valence-corrected chi connectivity index (χ2v) is 11.3. The molecule has 4 heterocycles. The average Bonchev–Trinajstić information content (AvgIpc) is 3.65. The summed E-state index contributed by atoms with van der Waals surface area (Å²) in [5.74, 6) is 1.53. The van der Waals surface area contributed by atoms with E-state index in [0.29, 0.717) is 5.82 Å². The third kappa shape index (κ3) is 4.21. The van der Waals surface area contributed by atoms with E-state index in [1.54, 1.807) is 0 Å². The molecular formula is C41H27N5. The van der Waals surface area contributed by atoms with E-state index in [9.17, 15) is 0 Å². The van der Waals surface area contributed by atoms with Crippen LogP contribution in [0.5, 0.6) is 0 Å². The van der Waals surface area contributed by atoms with Crippen molar-refractivity contribution in [3.8, 4) is 45.4 Å². The lowest BCUT2D eigenvalue weighted by atomic mass is 10.1. The SMILES string of the molecule is c1ccc(-c2cc(-c3ccc(-n4c5ccccc5c5c6ccccc6n(-c6ccccc6)c54)nc3)nc(-c3ccccc3)n2)cc1. The summed E-state index contributed by atoms with van der Waals surface area (Å²) in [4.78, 5) is 15.1. The van der Waals surface area contributed by atoms with Crippen LogP contribution in [0.2, 0.25) is 0 Å². The first-order valence-corrected chi connectivity index (χ1v) is 15.4. The van der Waals surface area contributed by atoms with Crippen molar-refractivity contribution in [1.29, 1.82) is 0 Å². The number of pyridine rings is 1. The van der Waals surface area contributed by atoms with E-state index < -0.39 is 0 Å². The van der Waals surface area contributed by atoms with Crippen LogP contribution < -0.4 is 0 Å². The molecule has 216 valence electrons. The Morgan fingerprint density at radius 2 is 0.978 bits per heavy atom. The van der Waals surface area contributed by atoms with E-state index in [2.05, 4.69) is 118 Å². The lowest BCUT2D eigenvalue weighted by Crippen LogP contribution is -2.03. The van der Waals surface area contributed by atoms with Gasteiger partial charge in [0.15, 0.2) is 5.82 Å². The molecule has 0 saturated carbocycles. The molecule has 46 heavy (non-hydrogen) atoms. The monoisotopic (exact) mass is 589 g/mol. The van der Waals surface area contributed by atoms with E-state index in [4.69, 9.17) is 15.0 Å². The fraction of sp³-hybridized carbons (Fsp3) is 0. The van der Waals surface area contributed by atoms with Crippen LogP contribution in [0.15, 0.2) is 164 Å². The molecule has 5 nitrogen and oxygen atoms in total. The Labute approximate surface area is 265 Å². The Bertz CT molecular complexity index is 2440. The minimum Gasteiger partial charge on any atom is -0.295 e. The van der Waals surface area contributed by atoms with Crippen LogP contribution >= 0.6 is 0 Å². The topological polar surface area (TPSA) is 48.5 Å². The van der Waals surface area contributed by atoms with Crippen molar-refractivity contribution in [2.45, 2.75) is 0 Å². The van der Waals surface area contributed by atoms with Crippen LogP contribution in [0.25, 0.3) is 78.2 Å². The molecule has 0 radical (unpaired) electrons. The van der Waals surface area contributed by atoms with Crippen molar-refractivity contribution in [2.24, 2.45) is 0 Å². The van der Waals surface area contributed by atoms with Gasteiger partial charge in [-0.15, -0.1) is 0 Å². The van der Waals surface area contributed by atoms with Gasteiger partial charge < -0.3 is 0 Å². The summed E-state index contributed by atoms with van der Waals surface area (Å²) in [6, 6.07) is 54.4. The Morgan fingerprint density at radius 1 is 0.435 bits per heavy atom. The fourth-order valence-electron chi connectivity index (χ4n) is 6.51. The molecule has 9 rings (SSSR count). The fourth-order valence-corrected chi connectivity index (χ4v) is 6.51. The second kappa shape index (κ2) is 10.7.